The van der Waals surface area contributed by atoms with Gasteiger partial charge in [0.25, 0.3) is 5.91 Å². The number of carbonyl (C=O) groups excluding carboxylic acids is 1. The summed E-state index contributed by atoms with van der Waals surface area (Å²) in [6.07, 6.45) is 1.59. The van der Waals surface area contributed by atoms with E-state index >= 15 is 0 Å². The number of anilines is 2. The predicted molar refractivity (Wildman–Crippen MR) is 112 cm³/mol. The van der Waals surface area contributed by atoms with E-state index < -0.39 is 0 Å². The molecule has 1 saturated heterocycles. The maximum absolute atomic E-state index is 12.8. The molecule has 1 aliphatic heterocycles. The number of rotatable bonds is 5. The summed E-state index contributed by atoms with van der Waals surface area (Å²) in [5, 5.41) is 1.06. The smallest absolute Gasteiger partial charge is 0.253 e. The Hall–Kier alpha value is -1.98. The number of nitrogens with zero attached hydrogens (tertiary/aromatic N) is 4. The summed E-state index contributed by atoms with van der Waals surface area (Å²) >= 11 is 12.2. The molecule has 1 amide bonds. The number of hydrogen-bond donors (Lipinski definition) is 0. The van der Waals surface area contributed by atoms with Crippen molar-refractivity contribution >= 4 is 40.6 Å². The first kappa shape index (κ1) is 19.8. The third-order valence-corrected chi connectivity index (χ3v) is 5.38. The molecule has 1 fully saturated rings. The van der Waals surface area contributed by atoms with Crippen LogP contribution < -0.4 is 9.80 Å². The fraction of sp³-hybridized carbons (Fsp3) is 0.400. The van der Waals surface area contributed by atoms with Gasteiger partial charge in [-0.25, -0.2) is 4.98 Å². The van der Waals surface area contributed by atoms with Gasteiger partial charge in [0.15, 0.2) is 0 Å². The van der Waals surface area contributed by atoms with Gasteiger partial charge in [0.1, 0.15) is 5.82 Å². The zero-order chi connectivity index (χ0) is 19.4. The summed E-state index contributed by atoms with van der Waals surface area (Å²) in [5.74, 6) is 0.785. The summed E-state index contributed by atoms with van der Waals surface area (Å²) in [6, 6.07) is 9.57. The molecule has 2 aromatic rings. The lowest BCUT2D eigenvalue weighted by Crippen LogP contribution is -2.49. The van der Waals surface area contributed by atoms with Crippen molar-refractivity contribution in [2.45, 2.75) is 13.8 Å². The lowest BCUT2D eigenvalue weighted by molar-refractivity contribution is 0.0746. The highest BCUT2D eigenvalue weighted by molar-refractivity contribution is 6.36. The lowest BCUT2D eigenvalue weighted by atomic mass is 10.1. The Labute approximate surface area is 170 Å². The molecule has 0 N–H and O–H groups in total. The van der Waals surface area contributed by atoms with Crippen LogP contribution in [0.25, 0.3) is 0 Å². The standard InChI is InChI=1S/C20H24Cl2N4O/c1-3-24(4-2)17-7-5-15(6-8-17)20(27)26-11-9-25(10-12-26)19-18(22)13-16(21)14-23-19/h5-8,13-14H,3-4,9-12H2,1-2H3. The molecule has 27 heavy (non-hydrogen) atoms. The van der Waals surface area contributed by atoms with Gasteiger partial charge in [0.2, 0.25) is 0 Å². The van der Waals surface area contributed by atoms with Crippen LogP contribution in [0.2, 0.25) is 10.0 Å². The lowest BCUT2D eigenvalue weighted by Gasteiger charge is -2.35. The van der Waals surface area contributed by atoms with Crippen LogP contribution in [0.3, 0.4) is 0 Å². The summed E-state index contributed by atoms with van der Waals surface area (Å²) in [7, 11) is 0. The Bertz CT molecular complexity index is 785. The van der Waals surface area contributed by atoms with E-state index in [-0.39, 0.29) is 5.91 Å². The molecule has 7 heteroatoms. The van der Waals surface area contributed by atoms with Crippen molar-refractivity contribution in [3.63, 3.8) is 0 Å². The Morgan fingerprint density at radius 1 is 1.07 bits per heavy atom. The number of benzene rings is 1. The molecule has 0 unspecified atom stereocenters. The van der Waals surface area contributed by atoms with Crippen molar-refractivity contribution < 1.29 is 4.79 Å². The average molecular weight is 407 g/mol. The minimum atomic E-state index is 0.0657. The number of hydrogen-bond acceptors (Lipinski definition) is 4. The van der Waals surface area contributed by atoms with Gasteiger partial charge in [-0.3, -0.25) is 4.79 Å². The predicted octanol–water partition coefficient (Wildman–Crippen LogP) is 4.20. The van der Waals surface area contributed by atoms with Gasteiger partial charge >= 0.3 is 0 Å². The second-order valence-corrected chi connectivity index (χ2v) is 7.30. The highest BCUT2D eigenvalue weighted by Crippen LogP contribution is 2.27. The summed E-state index contributed by atoms with van der Waals surface area (Å²) in [5.41, 5.74) is 1.87. The Morgan fingerprint density at radius 2 is 1.70 bits per heavy atom. The fourth-order valence-corrected chi connectivity index (χ4v) is 3.85. The van der Waals surface area contributed by atoms with Crippen molar-refractivity contribution in [1.29, 1.82) is 0 Å². The second kappa shape index (κ2) is 8.81. The Kier molecular flexibility index (Phi) is 6.45. The van der Waals surface area contributed by atoms with Gasteiger partial charge in [-0.2, -0.15) is 0 Å². The SMILES string of the molecule is CCN(CC)c1ccc(C(=O)N2CCN(c3ncc(Cl)cc3Cl)CC2)cc1. The van der Waals surface area contributed by atoms with E-state index in [1.165, 1.54) is 0 Å². The molecular weight excluding hydrogens is 383 g/mol. The van der Waals surface area contributed by atoms with E-state index in [0.717, 1.165) is 30.2 Å². The van der Waals surface area contributed by atoms with Gasteiger partial charge in [-0.05, 0) is 44.2 Å². The molecule has 0 atom stereocenters. The number of pyridine rings is 1. The Balaban J connectivity index is 1.63. The minimum absolute atomic E-state index is 0.0657. The molecule has 0 spiro atoms. The van der Waals surface area contributed by atoms with Gasteiger partial charge in [0.05, 0.1) is 10.0 Å². The monoisotopic (exact) mass is 406 g/mol. The molecule has 1 aliphatic rings. The van der Waals surface area contributed by atoms with E-state index in [2.05, 4.69) is 28.6 Å². The van der Waals surface area contributed by atoms with Crippen molar-refractivity contribution in [3.8, 4) is 0 Å². The molecule has 5 nitrogen and oxygen atoms in total. The van der Waals surface area contributed by atoms with E-state index in [0.29, 0.717) is 36.2 Å². The Morgan fingerprint density at radius 3 is 2.26 bits per heavy atom. The zero-order valence-electron chi connectivity index (χ0n) is 15.7. The van der Waals surface area contributed by atoms with Crippen LogP contribution >= 0.6 is 23.2 Å². The van der Waals surface area contributed by atoms with Crippen LogP contribution in [0.1, 0.15) is 24.2 Å². The normalized spacial score (nSPS) is 14.4. The quantitative estimate of drug-likeness (QED) is 0.745. The molecule has 0 aliphatic carbocycles. The third kappa shape index (κ3) is 4.47. The highest BCUT2D eigenvalue weighted by Gasteiger charge is 2.24. The van der Waals surface area contributed by atoms with E-state index in [9.17, 15) is 4.79 Å². The van der Waals surface area contributed by atoms with Crippen LogP contribution in [0.15, 0.2) is 36.5 Å². The number of aromatic nitrogens is 1. The van der Waals surface area contributed by atoms with Crippen molar-refractivity contribution in [1.82, 2.24) is 9.88 Å². The molecular formula is C20H24Cl2N4O. The minimum Gasteiger partial charge on any atom is -0.372 e. The van der Waals surface area contributed by atoms with Crippen molar-refractivity contribution in [2.75, 3.05) is 49.1 Å². The summed E-state index contributed by atoms with van der Waals surface area (Å²) < 4.78 is 0. The zero-order valence-corrected chi connectivity index (χ0v) is 17.2. The maximum atomic E-state index is 12.8. The van der Waals surface area contributed by atoms with Crippen LogP contribution in [0.4, 0.5) is 11.5 Å². The van der Waals surface area contributed by atoms with Gasteiger partial charge in [0, 0.05) is 56.7 Å². The van der Waals surface area contributed by atoms with Crippen molar-refractivity contribution in [3.05, 3.63) is 52.1 Å². The molecule has 3 rings (SSSR count). The maximum Gasteiger partial charge on any atom is 0.253 e. The molecule has 2 heterocycles. The first-order chi connectivity index (χ1) is 13.0. The third-order valence-electron chi connectivity index (χ3n) is 4.90. The van der Waals surface area contributed by atoms with Gasteiger partial charge < -0.3 is 14.7 Å². The topological polar surface area (TPSA) is 39.7 Å². The van der Waals surface area contributed by atoms with Gasteiger partial charge in [-0.15, -0.1) is 0 Å². The molecule has 0 saturated carbocycles. The molecule has 0 bridgehead atoms. The van der Waals surface area contributed by atoms with Crippen LogP contribution in [0.5, 0.6) is 0 Å². The first-order valence-electron chi connectivity index (χ1n) is 9.23. The number of amides is 1. The number of piperazine rings is 1. The number of carbonyl (C=O) groups is 1. The van der Waals surface area contributed by atoms with Crippen molar-refractivity contribution in [2.24, 2.45) is 0 Å². The molecule has 1 aromatic carbocycles. The molecule has 144 valence electrons. The van der Waals surface area contributed by atoms with E-state index in [1.54, 1.807) is 12.3 Å². The van der Waals surface area contributed by atoms with Gasteiger partial charge in [-0.1, -0.05) is 23.2 Å². The van der Waals surface area contributed by atoms with Crippen LogP contribution in [-0.4, -0.2) is 55.1 Å². The average Bonchev–Trinajstić information content (AvgIpc) is 2.69. The summed E-state index contributed by atoms with van der Waals surface area (Å²) in [6.45, 7) is 8.82. The van der Waals surface area contributed by atoms with E-state index in [1.807, 2.05) is 29.2 Å². The highest BCUT2D eigenvalue weighted by atomic mass is 35.5. The second-order valence-electron chi connectivity index (χ2n) is 6.46. The fourth-order valence-electron chi connectivity index (χ4n) is 3.35. The molecule has 1 aromatic heterocycles. The van der Waals surface area contributed by atoms with E-state index in [4.69, 9.17) is 23.2 Å². The number of halogens is 2. The molecule has 0 radical (unpaired) electrons. The van der Waals surface area contributed by atoms with Crippen LogP contribution in [0, 0.1) is 0 Å². The summed E-state index contributed by atoms with van der Waals surface area (Å²) in [4.78, 5) is 23.4. The van der Waals surface area contributed by atoms with Crippen LogP contribution in [-0.2, 0) is 0 Å². The first-order valence-corrected chi connectivity index (χ1v) is 9.99. The largest absolute Gasteiger partial charge is 0.372 e.